The van der Waals surface area contributed by atoms with Crippen LogP contribution in [0.4, 0.5) is 0 Å². The van der Waals surface area contributed by atoms with Gasteiger partial charge in [0.2, 0.25) is 5.91 Å². The van der Waals surface area contributed by atoms with Crippen LogP contribution in [0.2, 0.25) is 0 Å². The molecule has 4 nitrogen and oxygen atoms in total. The number of piperidine rings is 1. The van der Waals surface area contributed by atoms with Crippen LogP contribution in [-0.2, 0) is 11.3 Å². The van der Waals surface area contributed by atoms with Crippen LogP contribution in [0.1, 0.15) is 45.6 Å². The summed E-state index contributed by atoms with van der Waals surface area (Å²) in [4.78, 5) is 15.3. The van der Waals surface area contributed by atoms with E-state index in [4.69, 9.17) is 0 Å². The number of likely N-dealkylation sites (tertiary alicyclic amines) is 1. The molecule has 138 valence electrons. The van der Waals surface area contributed by atoms with Gasteiger partial charge in [-0.25, -0.2) is 0 Å². The highest BCUT2D eigenvalue weighted by atomic mass is 16.2. The first kappa shape index (κ1) is 18.4. The van der Waals surface area contributed by atoms with Crippen molar-refractivity contribution >= 4 is 5.91 Å². The molecule has 2 aliphatic rings. The Bertz CT molecular complexity index is 572. The van der Waals surface area contributed by atoms with E-state index in [0.29, 0.717) is 5.92 Å². The van der Waals surface area contributed by atoms with Crippen molar-refractivity contribution in [1.29, 1.82) is 0 Å². The minimum atomic E-state index is -0.0643. The van der Waals surface area contributed by atoms with Gasteiger partial charge >= 0.3 is 0 Å². The second kappa shape index (κ2) is 7.88. The van der Waals surface area contributed by atoms with Crippen LogP contribution >= 0.6 is 0 Å². The van der Waals surface area contributed by atoms with Crippen molar-refractivity contribution < 1.29 is 4.79 Å². The highest BCUT2D eigenvalue weighted by Crippen LogP contribution is 2.30. The number of nitrogens with one attached hydrogen (secondary N) is 2. The van der Waals surface area contributed by atoms with Crippen molar-refractivity contribution in [2.24, 2.45) is 11.3 Å². The van der Waals surface area contributed by atoms with Gasteiger partial charge in [0.05, 0.1) is 6.04 Å². The maximum absolute atomic E-state index is 12.8. The number of rotatable bonds is 5. The van der Waals surface area contributed by atoms with Crippen molar-refractivity contribution in [3.63, 3.8) is 0 Å². The first-order valence-corrected chi connectivity index (χ1v) is 9.76. The Labute approximate surface area is 152 Å². The summed E-state index contributed by atoms with van der Waals surface area (Å²) < 4.78 is 0. The minimum absolute atomic E-state index is 0.0388. The molecule has 1 aromatic rings. The molecule has 0 saturated carbocycles. The van der Waals surface area contributed by atoms with Crippen molar-refractivity contribution in [3.05, 3.63) is 35.9 Å². The second-order valence-corrected chi connectivity index (χ2v) is 8.55. The van der Waals surface area contributed by atoms with Crippen molar-refractivity contribution in [2.75, 3.05) is 19.6 Å². The number of carbonyl (C=O) groups excluding carboxylic acids is 1. The molecule has 1 aromatic carbocycles. The summed E-state index contributed by atoms with van der Waals surface area (Å²) in [5, 5.41) is 6.73. The number of benzene rings is 1. The van der Waals surface area contributed by atoms with Gasteiger partial charge in [-0.2, -0.15) is 0 Å². The summed E-state index contributed by atoms with van der Waals surface area (Å²) in [6, 6.07) is 10.8. The molecule has 3 rings (SSSR count). The topological polar surface area (TPSA) is 44.4 Å². The molecule has 2 heterocycles. The largest absolute Gasteiger partial charge is 0.352 e. The van der Waals surface area contributed by atoms with E-state index in [0.717, 1.165) is 45.4 Å². The Morgan fingerprint density at radius 3 is 2.84 bits per heavy atom. The lowest BCUT2D eigenvalue weighted by Gasteiger charge is -2.39. The average molecular weight is 344 g/mol. The normalized spacial score (nSPS) is 27.8. The first-order valence-electron chi connectivity index (χ1n) is 9.76. The molecule has 25 heavy (non-hydrogen) atoms. The molecule has 1 amide bonds. The number of hydrogen-bond donors (Lipinski definition) is 2. The Morgan fingerprint density at radius 2 is 2.12 bits per heavy atom. The fraction of sp³-hybridized carbons (Fsp3) is 0.667. The van der Waals surface area contributed by atoms with Crippen LogP contribution in [0.5, 0.6) is 0 Å². The fourth-order valence-corrected chi connectivity index (χ4v) is 4.34. The highest BCUT2D eigenvalue weighted by molar-refractivity contribution is 5.83. The predicted octanol–water partition coefficient (Wildman–Crippen LogP) is 2.79. The summed E-state index contributed by atoms with van der Waals surface area (Å²) in [6.07, 6.45) is 3.43. The zero-order valence-electron chi connectivity index (χ0n) is 15.9. The van der Waals surface area contributed by atoms with Gasteiger partial charge in [-0.05, 0) is 56.2 Å². The molecule has 3 unspecified atom stereocenters. The third-order valence-electron chi connectivity index (χ3n) is 6.02. The van der Waals surface area contributed by atoms with Gasteiger partial charge in [-0.1, -0.05) is 44.2 Å². The molecule has 0 bridgehead atoms. The van der Waals surface area contributed by atoms with E-state index >= 15 is 0 Å². The van der Waals surface area contributed by atoms with Gasteiger partial charge in [0, 0.05) is 19.1 Å². The number of carbonyl (C=O) groups is 1. The molecule has 0 spiro atoms. The lowest BCUT2D eigenvalue weighted by molar-refractivity contribution is -0.127. The molecule has 4 heteroatoms. The van der Waals surface area contributed by atoms with Crippen LogP contribution < -0.4 is 10.6 Å². The van der Waals surface area contributed by atoms with Crippen molar-refractivity contribution in [2.45, 2.75) is 58.7 Å². The molecular weight excluding hydrogens is 310 g/mol. The standard InChI is InChI=1S/C21H33N3O/c1-16(23-20(25)19-21(2,3)11-7-12-22-19)18-10-13-24(15-18)14-17-8-5-4-6-9-17/h4-6,8-9,16,18-19,22H,7,10-15H2,1-3H3,(H,23,25). The van der Waals surface area contributed by atoms with E-state index in [9.17, 15) is 4.79 Å². The van der Waals surface area contributed by atoms with Gasteiger partial charge in [0.25, 0.3) is 0 Å². The summed E-state index contributed by atoms with van der Waals surface area (Å²) in [5.41, 5.74) is 1.41. The lowest BCUT2D eigenvalue weighted by atomic mass is 9.77. The van der Waals surface area contributed by atoms with Crippen LogP contribution in [-0.4, -0.2) is 42.5 Å². The summed E-state index contributed by atoms with van der Waals surface area (Å²) in [6.45, 7) is 10.7. The van der Waals surface area contributed by atoms with Gasteiger partial charge < -0.3 is 10.6 Å². The molecule has 0 aromatic heterocycles. The third kappa shape index (κ3) is 4.62. The van der Waals surface area contributed by atoms with Gasteiger partial charge in [-0.3, -0.25) is 9.69 Å². The molecule has 2 N–H and O–H groups in total. The zero-order chi connectivity index (χ0) is 17.9. The molecule has 0 aliphatic carbocycles. The third-order valence-corrected chi connectivity index (χ3v) is 6.02. The van der Waals surface area contributed by atoms with Crippen LogP contribution in [0, 0.1) is 11.3 Å². The van der Waals surface area contributed by atoms with Gasteiger partial charge in [0.15, 0.2) is 0 Å². The average Bonchev–Trinajstić information content (AvgIpc) is 3.04. The summed E-state index contributed by atoms with van der Waals surface area (Å²) in [5.74, 6) is 0.720. The van der Waals surface area contributed by atoms with Gasteiger partial charge in [-0.15, -0.1) is 0 Å². The smallest absolute Gasteiger partial charge is 0.237 e. The van der Waals surface area contributed by atoms with Crippen LogP contribution in [0.3, 0.4) is 0 Å². The second-order valence-electron chi connectivity index (χ2n) is 8.55. The molecule has 0 radical (unpaired) electrons. The number of hydrogen-bond acceptors (Lipinski definition) is 3. The first-order chi connectivity index (χ1) is 12.0. The molecule has 2 saturated heterocycles. The summed E-state index contributed by atoms with van der Waals surface area (Å²) in [7, 11) is 0. The predicted molar refractivity (Wildman–Crippen MR) is 102 cm³/mol. The maximum Gasteiger partial charge on any atom is 0.237 e. The van der Waals surface area contributed by atoms with Crippen LogP contribution in [0.15, 0.2) is 30.3 Å². The van der Waals surface area contributed by atoms with E-state index < -0.39 is 0 Å². The van der Waals surface area contributed by atoms with Crippen molar-refractivity contribution in [3.8, 4) is 0 Å². The van der Waals surface area contributed by atoms with Crippen LogP contribution in [0.25, 0.3) is 0 Å². The zero-order valence-corrected chi connectivity index (χ0v) is 15.9. The minimum Gasteiger partial charge on any atom is -0.352 e. The quantitative estimate of drug-likeness (QED) is 0.864. The Balaban J connectivity index is 1.50. The van der Waals surface area contributed by atoms with E-state index in [-0.39, 0.29) is 23.4 Å². The van der Waals surface area contributed by atoms with E-state index in [1.54, 1.807) is 0 Å². The highest BCUT2D eigenvalue weighted by Gasteiger charge is 2.38. The maximum atomic E-state index is 12.8. The number of amides is 1. The Hall–Kier alpha value is -1.39. The SMILES string of the molecule is CC(NC(=O)C1NCCCC1(C)C)C1CCN(Cc2ccccc2)C1. The van der Waals surface area contributed by atoms with Gasteiger partial charge in [0.1, 0.15) is 0 Å². The molecule has 2 aliphatic heterocycles. The Morgan fingerprint density at radius 1 is 1.36 bits per heavy atom. The van der Waals surface area contributed by atoms with E-state index in [1.807, 2.05) is 0 Å². The lowest BCUT2D eigenvalue weighted by Crippen LogP contribution is -2.57. The monoisotopic (exact) mass is 343 g/mol. The number of nitrogens with zero attached hydrogens (tertiary/aromatic N) is 1. The summed E-state index contributed by atoms with van der Waals surface area (Å²) >= 11 is 0. The van der Waals surface area contributed by atoms with E-state index in [1.165, 1.54) is 5.56 Å². The van der Waals surface area contributed by atoms with Crippen molar-refractivity contribution in [1.82, 2.24) is 15.5 Å². The molecule has 2 fully saturated rings. The molecule has 3 atom stereocenters. The Kier molecular flexibility index (Phi) is 5.80. The fourth-order valence-electron chi connectivity index (χ4n) is 4.34. The van der Waals surface area contributed by atoms with E-state index in [2.05, 4.69) is 66.6 Å². The molecular formula is C21H33N3O.